The number of carbonyl (C=O) groups is 1. The van der Waals surface area contributed by atoms with E-state index >= 15 is 0 Å². The van der Waals surface area contributed by atoms with Crippen molar-refractivity contribution in [2.75, 3.05) is 18.0 Å². The molecule has 1 fully saturated rings. The van der Waals surface area contributed by atoms with E-state index in [9.17, 15) is 9.90 Å². The maximum atomic E-state index is 12.4. The van der Waals surface area contributed by atoms with E-state index in [1.165, 1.54) is 6.42 Å². The highest BCUT2D eigenvalue weighted by atomic mass is 16.3. The van der Waals surface area contributed by atoms with E-state index in [4.69, 9.17) is 5.73 Å². The number of hydrogen-bond acceptors (Lipinski definition) is 3. The van der Waals surface area contributed by atoms with Gasteiger partial charge in [-0.1, -0.05) is 12.5 Å². The maximum absolute atomic E-state index is 12.4. The molecule has 0 bridgehead atoms. The number of anilines is 1. The third kappa shape index (κ3) is 2.89. The van der Waals surface area contributed by atoms with Crippen LogP contribution in [0.3, 0.4) is 0 Å². The van der Waals surface area contributed by atoms with Gasteiger partial charge in [0.15, 0.2) is 0 Å². The summed E-state index contributed by atoms with van der Waals surface area (Å²) < 4.78 is 0. The monoisotopic (exact) mass is 262 g/mol. The summed E-state index contributed by atoms with van der Waals surface area (Å²) in [7, 11) is 0. The van der Waals surface area contributed by atoms with E-state index in [0.717, 1.165) is 18.5 Å². The first kappa shape index (κ1) is 13.9. The molecule has 1 amide bonds. The third-order valence-corrected chi connectivity index (χ3v) is 4.13. The number of phenolic OH excluding ortho intramolecular Hbond substituents is 1. The smallest absolute Gasteiger partial charge is 0.227 e. The zero-order valence-electron chi connectivity index (χ0n) is 11.4. The summed E-state index contributed by atoms with van der Waals surface area (Å²) in [6.07, 6.45) is 3.77. The Kier molecular flexibility index (Phi) is 4.10. The van der Waals surface area contributed by atoms with Gasteiger partial charge in [-0.25, -0.2) is 0 Å². The minimum Gasteiger partial charge on any atom is -0.508 e. The molecule has 0 aromatic heterocycles. The highest BCUT2D eigenvalue weighted by Gasteiger charge is 2.38. The molecule has 1 aromatic carbocycles. The topological polar surface area (TPSA) is 66.6 Å². The summed E-state index contributed by atoms with van der Waals surface area (Å²) in [5, 5.41) is 9.52. The van der Waals surface area contributed by atoms with Crippen molar-refractivity contribution in [2.45, 2.75) is 32.6 Å². The van der Waals surface area contributed by atoms with E-state index in [1.54, 1.807) is 23.1 Å². The lowest BCUT2D eigenvalue weighted by molar-refractivity contribution is -0.122. The summed E-state index contributed by atoms with van der Waals surface area (Å²) in [4.78, 5) is 14.2. The number of hydrogen-bond donors (Lipinski definition) is 2. The van der Waals surface area contributed by atoms with Crippen LogP contribution >= 0.6 is 0 Å². The second-order valence-corrected chi connectivity index (χ2v) is 5.39. The number of carbonyl (C=O) groups excluding carboxylic acids is 1. The van der Waals surface area contributed by atoms with Gasteiger partial charge in [-0.2, -0.15) is 0 Å². The number of aromatic hydroxyl groups is 1. The SMILES string of the molecule is CCN(C(=O)CC1(CN)CCC1)c1cccc(O)c1. The fourth-order valence-corrected chi connectivity index (χ4v) is 2.71. The molecule has 0 heterocycles. The molecule has 19 heavy (non-hydrogen) atoms. The number of nitrogens with zero attached hydrogens (tertiary/aromatic N) is 1. The van der Waals surface area contributed by atoms with Gasteiger partial charge in [0.2, 0.25) is 5.91 Å². The molecule has 1 aliphatic carbocycles. The molecule has 0 radical (unpaired) electrons. The van der Waals surface area contributed by atoms with Crippen LogP contribution in [0.15, 0.2) is 24.3 Å². The maximum Gasteiger partial charge on any atom is 0.227 e. The average molecular weight is 262 g/mol. The lowest BCUT2D eigenvalue weighted by atomic mass is 9.66. The third-order valence-electron chi connectivity index (χ3n) is 4.13. The zero-order valence-corrected chi connectivity index (χ0v) is 11.4. The summed E-state index contributed by atoms with van der Waals surface area (Å²) in [5.74, 6) is 0.277. The second-order valence-electron chi connectivity index (χ2n) is 5.39. The van der Waals surface area contributed by atoms with Gasteiger partial charge in [-0.3, -0.25) is 4.79 Å². The Morgan fingerprint density at radius 3 is 2.68 bits per heavy atom. The fourth-order valence-electron chi connectivity index (χ4n) is 2.71. The van der Waals surface area contributed by atoms with Crippen LogP contribution in [0, 0.1) is 5.41 Å². The molecular formula is C15H22N2O2. The first-order valence-corrected chi connectivity index (χ1v) is 6.90. The molecule has 0 saturated heterocycles. The Bertz CT molecular complexity index is 450. The summed E-state index contributed by atoms with van der Waals surface area (Å²) in [6, 6.07) is 6.83. The summed E-state index contributed by atoms with van der Waals surface area (Å²) >= 11 is 0. The van der Waals surface area contributed by atoms with Gasteiger partial charge in [0, 0.05) is 24.7 Å². The number of amides is 1. The van der Waals surface area contributed by atoms with Crippen molar-refractivity contribution in [3.8, 4) is 5.75 Å². The molecule has 0 aliphatic heterocycles. The Hall–Kier alpha value is -1.55. The molecule has 0 spiro atoms. The van der Waals surface area contributed by atoms with E-state index in [-0.39, 0.29) is 17.1 Å². The number of nitrogens with two attached hydrogens (primary N) is 1. The quantitative estimate of drug-likeness (QED) is 0.855. The molecular weight excluding hydrogens is 240 g/mol. The highest BCUT2D eigenvalue weighted by molar-refractivity contribution is 5.94. The first-order valence-electron chi connectivity index (χ1n) is 6.90. The molecule has 0 unspecified atom stereocenters. The Morgan fingerprint density at radius 2 is 2.21 bits per heavy atom. The van der Waals surface area contributed by atoms with E-state index in [0.29, 0.717) is 19.5 Å². The van der Waals surface area contributed by atoms with Crippen LogP contribution in [0.2, 0.25) is 0 Å². The molecule has 1 aromatic rings. The minimum atomic E-state index is 0.0152. The van der Waals surface area contributed by atoms with Gasteiger partial charge in [0.05, 0.1) is 0 Å². The highest BCUT2D eigenvalue weighted by Crippen LogP contribution is 2.43. The van der Waals surface area contributed by atoms with Crippen molar-refractivity contribution in [1.82, 2.24) is 0 Å². The van der Waals surface area contributed by atoms with Crippen molar-refractivity contribution < 1.29 is 9.90 Å². The predicted octanol–water partition coefficient (Wildman–Crippen LogP) is 2.26. The van der Waals surface area contributed by atoms with E-state index in [1.807, 2.05) is 13.0 Å². The minimum absolute atomic E-state index is 0.0152. The van der Waals surface area contributed by atoms with Crippen LogP contribution in [0.25, 0.3) is 0 Å². The van der Waals surface area contributed by atoms with Crippen LogP contribution in [0.1, 0.15) is 32.6 Å². The van der Waals surface area contributed by atoms with Gasteiger partial charge < -0.3 is 15.7 Å². The summed E-state index contributed by atoms with van der Waals surface area (Å²) in [5.41, 5.74) is 6.58. The van der Waals surface area contributed by atoms with Gasteiger partial charge in [-0.05, 0) is 43.9 Å². The average Bonchev–Trinajstić information content (AvgIpc) is 2.35. The number of rotatable bonds is 5. The van der Waals surface area contributed by atoms with Crippen LogP contribution in [-0.2, 0) is 4.79 Å². The number of benzene rings is 1. The molecule has 2 rings (SSSR count). The van der Waals surface area contributed by atoms with Crippen molar-refractivity contribution >= 4 is 11.6 Å². The molecule has 1 aliphatic rings. The van der Waals surface area contributed by atoms with E-state index < -0.39 is 0 Å². The molecule has 4 nitrogen and oxygen atoms in total. The van der Waals surface area contributed by atoms with Crippen LogP contribution in [0.5, 0.6) is 5.75 Å². The van der Waals surface area contributed by atoms with Crippen LogP contribution < -0.4 is 10.6 Å². The zero-order chi connectivity index (χ0) is 13.9. The van der Waals surface area contributed by atoms with Crippen molar-refractivity contribution in [1.29, 1.82) is 0 Å². The van der Waals surface area contributed by atoms with Crippen LogP contribution in [-0.4, -0.2) is 24.1 Å². The second kappa shape index (κ2) is 5.61. The largest absolute Gasteiger partial charge is 0.508 e. The lowest BCUT2D eigenvalue weighted by Gasteiger charge is -2.41. The molecule has 4 heteroatoms. The molecule has 3 N–H and O–H groups in total. The van der Waals surface area contributed by atoms with Crippen LogP contribution in [0.4, 0.5) is 5.69 Å². The fraction of sp³-hybridized carbons (Fsp3) is 0.533. The predicted molar refractivity (Wildman–Crippen MR) is 76.1 cm³/mol. The first-order chi connectivity index (χ1) is 9.10. The Morgan fingerprint density at radius 1 is 1.47 bits per heavy atom. The standard InChI is InChI=1S/C15H22N2O2/c1-2-17(12-5-3-6-13(18)9-12)14(19)10-15(11-16)7-4-8-15/h3,5-6,9,18H,2,4,7-8,10-11,16H2,1H3. The Balaban J connectivity index is 2.11. The number of phenols is 1. The van der Waals surface area contributed by atoms with Crippen molar-refractivity contribution in [2.24, 2.45) is 11.1 Å². The van der Waals surface area contributed by atoms with Crippen molar-refractivity contribution in [3.05, 3.63) is 24.3 Å². The van der Waals surface area contributed by atoms with Crippen molar-refractivity contribution in [3.63, 3.8) is 0 Å². The normalized spacial score (nSPS) is 16.7. The van der Waals surface area contributed by atoms with E-state index in [2.05, 4.69) is 0 Å². The van der Waals surface area contributed by atoms with Gasteiger partial charge >= 0.3 is 0 Å². The summed E-state index contributed by atoms with van der Waals surface area (Å²) in [6.45, 7) is 3.12. The Labute approximate surface area is 114 Å². The molecule has 104 valence electrons. The molecule has 0 atom stereocenters. The van der Waals surface area contributed by atoms with Gasteiger partial charge in [0.25, 0.3) is 0 Å². The molecule has 1 saturated carbocycles. The lowest BCUT2D eigenvalue weighted by Crippen LogP contribution is -2.43. The van der Waals surface area contributed by atoms with Gasteiger partial charge in [0.1, 0.15) is 5.75 Å². The van der Waals surface area contributed by atoms with Gasteiger partial charge in [-0.15, -0.1) is 0 Å².